The molecule has 0 atom stereocenters. The van der Waals surface area contributed by atoms with Gasteiger partial charge in [0.2, 0.25) is 5.78 Å². The summed E-state index contributed by atoms with van der Waals surface area (Å²) in [6, 6.07) is 10.8. The van der Waals surface area contributed by atoms with Crippen molar-refractivity contribution in [2.45, 2.75) is 27.7 Å². The van der Waals surface area contributed by atoms with Gasteiger partial charge in [-0.1, -0.05) is 28.1 Å². The number of hydrogen-bond donors (Lipinski definition) is 0. The van der Waals surface area contributed by atoms with Crippen molar-refractivity contribution in [3.63, 3.8) is 0 Å². The number of benzene rings is 2. The molecule has 26 heavy (non-hydrogen) atoms. The van der Waals surface area contributed by atoms with Crippen LogP contribution in [-0.4, -0.2) is 11.8 Å². The zero-order valence-electron chi connectivity index (χ0n) is 15.1. The molecule has 2 aromatic carbocycles. The van der Waals surface area contributed by atoms with Gasteiger partial charge in [-0.3, -0.25) is 9.59 Å². The van der Waals surface area contributed by atoms with Crippen molar-refractivity contribution in [2.24, 2.45) is 5.41 Å². The number of fused-ring (bicyclic) bond motifs is 1. The van der Waals surface area contributed by atoms with Gasteiger partial charge in [0.1, 0.15) is 11.5 Å². The highest BCUT2D eigenvalue weighted by atomic mass is 79.9. The SMILES string of the molecule is Cc1c(OC(=O)C(C)(C)C)ccc2c1O/C(=C\c1ccc(Br)cc1)C2=O. The normalized spacial score (nSPS) is 15.0. The van der Waals surface area contributed by atoms with Crippen LogP contribution in [0.1, 0.15) is 42.3 Å². The molecule has 134 valence electrons. The smallest absolute Gasteiger partial charge is 0.316 e. The summed E-state index contributed by atoms with van der Waals surface area (Å²) in [4.78, 5) is 24.7. The Bertz CT molecular complexity index is 918. The van der Waals surface area contributed by atoms with E-state index in [4.69, 9.17) is 9.47 Å². The average Bonchev–Trinajstić information content (AvgIpc) is 2.88. The Morgan fingerprint density at radius 1 is 1.12 bits per heavy atom. The first kappa shape index (κ1) is 18.4. The number of Topliss-reactive ketones (excluding diaryl/α,β-unsaturated/α-hetero) is 1. The highest BCUT2D eigenvalue weighted by molar-refractivity contribution is 9.10. The number of hydrogen-bond acceptors (Lipinski definition) is 4. The molecule has 0 saturated carbocycles. The molecule has 0 amide bonds. The summed E-state index contributed by atoms with van der Waals surface area (Å²) in [6.45, 7) is 7.14. The van der Waals surface area contributed by atoms with Crippen LogP contribution in [0.15, 0.2) is 46.6 Å². The second-order valence-corrected chi connectivity index (χ2v) is 8.11. The molecule has 0 radical (unpaired) electrons. The van der Waals surface area contributed by atoms with E-state index in [1.807, 2.05) is 24.3 Å². The Balaban J connectivity index is 1.91. The first-order chi connectivity index (χ1) is 12.2. The third kappa shape index (κ3) is 3.58. The first-order valence-electron chi connectivity index (χ1n) is 8.22. The molecule has 0 saturated heterocycles. The average molecular weight is 415 g/mol. The largest absolute Gasteiger partial charge is 0.452 e. The molecule has 0 bridgehead atoms. The predicted molar refractivity (Wildman–Crippen MR) is 103 cm³/mol. The summed E-state index contributed by atoms with van der Waals surface area (Å²) in [5.74, 6) is 0.582. The minimum absolute atomic E-state index is 0.181. The zero-order valence-corrected chi connectivity index (χ0v) is 16.6. The Morgan fingerprint density at radius 2 is 1.77 bits per heavy atom. The van der Waals surface area contributed by atoms with E-state index in [1.165, 1.54) is 0 Å². The predicted octanol–water partition coefficient (Wildman–Crippen LogP) is 5.33. The molecule has 0 fully saturated rings. The fraction of sp³-hybridized carbons (Fsp3) is 0.238. The van der Waals surface area contributed by atoms with Crippen LogP contribution in [-0.2, 0) is 4.79 Å². The maximum atomic E-state index is 12.6. The number of rotatable bonds is 2. The fourth-order valence-electron chi connectivity index (χ4n) is 2.44. The molecule has 0 unspecified atom stereocenters. The number of ketones is 1. The summed E-state index contributed by atoms with van der Waals surface area (Å²) in [5.41, 5.74) is 1.35. The van der Waals surface area contributed by atoms with E-state index in [0.717, 1.165) is 10.0 Å². The van der Waals surface area contributed by atoms with E-state index >= 15 is 0 Å². The van der Waals surface area contributed by atoms with Gasteiger partial charge in [0.15, 0.2) is 5.76 Å². The van der Waals surface area contributed by atoms with Crippen molar-refractivity contribution in [3.8, 4) is 11.5 Å². The van der Waals surface area contributed by atoms with Crippen molar-refractivity contribution in [1.29, 1.82) is 0 Å². The Morgan fingerprint density at radius 3 is 2.38 bits per heavy atom. The van der Waals surface area contributed by atoms with Gasteiger partial charge >= 0.3 is 5.97 Å². The van der Waals surface area contributed by atoms with Crippen LogP contribution >= 0.6 is 15.9 Å². The standard InChI is InChI=1S/C21H19BrO4/c1-12-16(26-20(24)21(2,3)4)10-9-15-18(23)17(25-19(12)15)11-13-5-7-14(22)8-6-13/h5-11H,1-4H3/b17-11-. The fourth-order valence-corrected chi connectivity index (χ4v) is 2.71. The molecular formula is C21H19BrO4. The second kappa shape index (κ2) is 6.72. The molecule has 3 rings (SSSR count). The zero-order chi connectivity index (χ0) is 19.1. The summed E-state index contributed by atoms with van der Waals surface area (Å²) in [6.07, 6.45) is 1.70. The minimum Gasteiger partial charge on any atom is -0.452 e. The van der Waals surface area contributed by atoms with Gasteiger partial charge in [0.25, 0.3) is 0 Å². The van der Waals surface area contributed by atoms with E-state index in [0.29, 0.717) is 22.6 Å². The van der Waals surface area contributed by atoms with E-state index in [-0.39, 0.29) is 17.5 Å². The number of allylic oxidation sites excluding steroid dienone is 1. The van der Waals surface area contributed by atoms with Gasteiger partial charge in [-0.25, -0.2) is 0 Å². The molecule has 5 heteroatoms. The van der Waals surface area contributed by atoms with E-state index in [1.54, 1.807) is 45.9 Å². The molecule has 1 aliphatic rings. The topological polar surface area (TPSA) is 52.6 Å². The number of halogens is 1. The molecule has 0 N–H and O–H groups in total. The van der Waals surface area contributed by atoms with Crippen LogP contribution in [0.5, 0.6) is 11.5 Å². The lowest BCUT2D eigenvalue weighted by molar-refractivity contribution is -0.143. The number of ether oxygens (including phenoxy) is 2. The van der Waals surface area contributed by atoms with Crippen LogP contribution in [0.3, 0.4) is 0 Å². The molecule has 0 aromatic heterocycles. The van der Waals surface area contributed by atoms with Gasteiger partial charge in [-0.15, -0.1) is 0 Å². The summed E-state index contributed by atoms with van der Waals surface area (Å²) in [5, 5.41) is 0. The lowest BCUT2D eigenvalue weighted by Gasteiger charge is -2.17. The van der Waals surface area contributed by atoms with Crippen LogP contribution in [0.2, 0.25) is 0 Å². The van der Waals surface area contributed by atoms with Crippen molar-refractivity contribution in [1.82, 2.24) is 0 Å². The first-order valence-corrected chi connectivity index (χ1v) is 9.02. The van der Waals surface area contributed by atoms with E-state index in [2.05, 4.69) is 15.9 Å². The molecule has 2 aromatic rings. The quantitative estimate of drug-likeness (QED) is 0.378. The highest BCUT2D eigenvalue weighted by Crippen LogP contribution is 2.39. The molecule has 0 aliphatic carbocycles. The maximum absolute atomic E-state index is 12.6. The van der Waals surface area contributed by atoms with Crippen LogP contribution in [0, 0.1) is 12.3 Å². The molecular weight excluding hydrogens is 396 g/mol. The summed E-state index contributed by atoms with van der Waals surface area (Å²) < 4.78 is 12.2. The monoisotopic (exact) mass is 414 g/mol. The Kier molecular flexibility index (Phi) is 4.76. The Hall–Kier alpha value is -2.40. The third-order valence-corrected chi connectivity index (χ3v) is 4.55. The van der Waals surface area contributed by atoms with Gasteiger partial charge in [0, 0.05) is 10.0 Å². The number of carbonyl (C=O) groups excluding carboxylic acids is 2. The van der Waals surface area contributed by atoms with Crippen LogP contribution < -0.4 is 9.47 Å². The van der Waals surface area contributed by atoms with Crippen molar-refractivity contribution >= 4 is 33.8 Å². The molecule has 1 aliphatic heterocycles. The van der Waals surface area contributed by atoms with Gasteiger partial charge in [-0.05, 0) is 63.6 Å². The van der Waals surface area contributed by atoms with Crippen molar-refractivity contribution in [3.05, 3.63) is 63.3 Å². The van der Waals surface area contributed by atoms with Crippen LogP contribution in [0.25, 0.3) is 6.08 Å². The van der Waals surface area contributed by atoms with Crippen molar-refractivity contribution < 1.29 is 19.1 Å². The van der Waals surface area contributed by atoms with E-state index in [9.17, 15) is 9.59 Å². The van der Waals surface area contributed by atoms with Gasteiger partial charge in [0.05, 0.1) is 11.0 Å². The highest BCUT2D eigenvalue weighted by Gasteiger charge is 2.31. The molecule has 0 spiro atoms. The maximum Gasteiger partial charge on any atom is 0.316 e. The lowest BCUT2D eigenvalue weighted by Crippen LogP contribution is -2.25. The lowest BCUT2D eigenvalue weighted by atomic mass is 9.97. The van der Waals surface area contributed by atoms with Gasteiger partial charge < -0.3 is 9.47 Å². The van der Waals surface area contributed by atoms with E-state index < -0.39 is 5.41 Å². The number of esters is 1. The third-order valence-electron chi connectivity index (χ3n) is 4.02. The molecule has 4 nitrogen and oxygen atoms in total. The Labute approximate surface area is 160 Å². The summed E-state index contributed by atoms with van der Waals surface area (Å²) >= 11 is 3.38. The van der Waals surface area contributed by atoms with Gasteiger partial charge in [-0.2, -0.15) is 0 Å². The molecule has 1 heterocycles. The number of carbonyl (C=O) groups is 2. The summed E-state index contributed by atoms with van der Waals surface area (Å²) in [7, 11) is 0. The minimum atomic E-state index is -0.616. The van der Waals surface area contributed by atoms with Crippen LogP contribution in [0.4, 0.5) is 0 Å². The van der Waals surface area contributed by atoms with Crippen molar-refractivity contribution in [2.75, 3.05) is 0 Å². The second-order valence-electron chi connectivity index (χ2n) is 7.20.